The van der Waals surface area contributed by atoms with Gasteiger partial charge in [0.05, 0.1) is 40.8 Å². The van der Waals surface area contributed by atoms with Gasteiger partial charge in [-0.3, -0.25) is 0 Å². The first kappa shape index (κ1) is 22.6. The van der Waals surface area contributed by atoms with Gasteiger partial charge in [-0.2, -0.15) is 10.5 Å². The predicted molar refractivity (Wildman–Crippen MR) is 111 cm³/mol. The summed E-state index contributed by atoms with van der Waals surface area (Å²) < 4.78 is 6.34. The molecule has 6 atom stereocenters. The van der Waals surface area contributed by atoms with Gasteiger partial charge in [0.15, 0.2) is 0 Å². The van der Waals surface area contributed by atoms with Gasteiger partial charge in [0, 0.05) is 4.47 Å². The van der Waals surface area contributed by atoms with Crippen LogP contribution >= 0.6 is 27.7 Å². The van der Waals surface area contributed by atoms with E-state index in [0.29, 0.717) is 5.56 Å². The normalized spacial score (nSPS) is 31.7. The second kappa shape index (κ2) is 9.37. The SMILES string of the molecule is N#CC1=C(N)NC(S[C@@H]2O[C@H](CO)[C@@H](O)[C@H](O)[C@H]2O)=C(C#N)C1c1ccc(Br)cc1. The summed E-state index contributed by atoms with van der Waals surface area (Å²) in [4.78, 5) is 0. The first-order valence-corrected chi connectivity index (χ1v) is 10.5. The number of dihydropyridines is 1. The zero-order valence-electron chi connectivity index (χ0n) is 15.4. The maximum absolute atomic E-state index is 10.3. The van der Waals surface area contributed by atoms with Gasteiger partial charge in [-0.25, -0.2) is 0 Å². The number of benzene rings is 1. The van der Waals surface area contributed by atoms with Crippen molar-refractivity contribution < 1.29 is 25.2 Å². The Morgan fingerprint density at radius 2 is 1.70 bits per heavy atom. The molecule has 0 spiro atoms. The fraction of sp³-hybridized carbons (Fsp3) is 0.368. The highest BCUT2D eigenvalue weighted by molar-refractivity contribution is 9.10. The first-order valence-electron chi connectivity index (χ1n) is 8.86. The van der Waals surface area contributed by atoms with E-state index >= 15 is 0 Å². The number of hydrogen-bond donors (Lipinski definition) is 6. The largest absolute Gasteiger partial charge is 0.394 e. The monoisotopic (exact) mass is 494 g/mol. The Hall–Kier alpha value is -2.09. The van der Waals surface area contributed by atoms with Crippen molar-refractivity contribution in [2.75, 3.05) is 6.61 Å². The number of nitrogens with zero attached hydrogens (tertiary/aromatic N) is 2. The van der Waals surface area contributed by atoms with Gasteiger partial charge < -0.3 is 36.2 Å². The number of ether oxygens (including phenoxy) is 1. The van der Waals surface area contributed by atoms with Gasteiger partial charge in [0.1, 0.15) is 35.7 Å². The number of hydrogen-bond acceptors (Lipinski definition) is 10. The smallest absolute Gasteiger partial charge is 0.138 e. The molecule has 0 aliphatic carbocycles. The Bertz CT molecular complexity index is 953. The van der Waals surface area contributed by atoms with Crippen LogP contribution in [-0.4, -0.2) is 56.9 Å². The van der Waals surface area contributed by atoms with Crippen molar-refractivity contribution in [3.63, 3.8) is 0 Å². The van der Waals surface area contributed by atoms with Crippen molar-refractivity contribution in [2.24, 2.45) is 5.73 Å². The zero-order valence-corrected chi connectivity index (χ0v) is 17.8. The van der Waals surface area contributed by atoms with E-state index < -0.39 is 42.4 Å². The van der Waals surface area contributed by atoms with Gasteiger partial charge in [-0.1, -0.05) is 39.8 Å². The molecule has 158 valence electrons. The Morgan fingerprint density at radius 1 is 1.07 bits per heavy atom. The van der Waals surface area contributed by atoms with E-state index in [0.717, 1.165) is 16.2 Å². The van der Waals surface area contributed by atoms with Gasteiger partial charge in [-0.15, -0.1) is 0 Å². The van der Waals surface area contributed by atoms with Gasteiger partial charge >= 0.3 is 0 Å². The Kier molecular flexibility index (Phi) is 7.06. The zero-order chi connectivity index (χ0) is 22.0. The fourth-order valence-electron chi connectivity index (χ4n) is 3.29. The minimum atomic E-state index is -1.55. The van der Waals surface area contributed by atoms with E-state index in [1.165, 1.54) is 0 Å². The summed E-state index contributed by atoms with van der Waals surface area (Å²) in [6.07, 6.45) is -5.61. The summed E-state index contributed by atoms with van der Waals surface area (Å²) >= 11 is 4.23. The summed E-state index contributed by atoms with van der Waals surface area (Å²) in [5, 5.41) is 62.2. The molecule has 1 aromatic rings. The fourth-order valence-corrected chi connectivity index (χ4v) is 4.75. The lowest BCUT2D eigenvalue weighted by atomic mass is 9.84. The van der Waals surface area contributed by atoms with Crippen LogP contribution in [0.4, 0.5) is 0 Å². The Balaban J connectivity index is 2.00. The molecule has 0 bridgehead atoms. The molecular formula is C19H19BrN4O5S. The molecule has 0 amide bonds. The van der Waals surface area contributed by atoms with Crippen LogP contribution < -0.4 is 11.1 Å². The molecule has 30 heavy (non-hydrogen) atoms. The summed E-state index contributed by atoms with van der Waals surface area (Å²) in [7, 11) is 0. The molecule has 3 rings (SSSR count). The van der Waals surface area contributed by atoms with Gasteiger partial charge in [-0.05, 0) is 17.7 Å². The molecule has 11 heteroatoms. The Morgan fingerprint density at radius 3 is 2.27 bits per heavy atom. The topological polar surface area (TPSA) is 176 Å². The van der Waals surface area contributed by atoms with Crippen molar-refractivity contribution in [2.45, 2.75) is 35.8 Å². The lowest BCUT2D eigenvalue weighted by molar-refractivity contribution is -0.205. The average molecular weight is 495 g/mol. The van der Waals surface area contributed by atoms with Gasteiger partial charge in [0.2, 0.25) is 0 Å². The Labute approximate surface area is 185 Å². The molecule has 1 saturated heterocycles. The van der Waals surface area contributed by atoms with Crippen LogP contribution in [0.15, 0.2) is 50.7 Å². The number of nitrogens with two attached hydrogens (primary N) is 1. The number of aliphatic hydroxyl groups excluding tert-OH is 4. The van der Waals surface area contributed by atoms with Crippen molar-refractivity contribution >= 4 is 27.7 Å². The molecule has 2 heterocycles. The highest BCUT2D eigenvalue weighted by atomic mass is 79.9. The number of allylic oxidation sites excluding steroid dienone is 2. The number of thioether (sulfide) groups is 1. The van der Waals surface area contributed by atoms with Crippen molar-refractivity contribution in [1.29, 1.82) is 10.5 Å². The summed E-state index contributed by atoms with van der Waals surface area (Å²) in [5.41, 5.74) is 5.97. The van der Waals surface area contributed by atoms with Crippen molar-refractivity contribution in [3.05, 3.63) is 56.3 Å². The summed E-state index contributed by atoms with van der Waals surface area (Å²) in [6.45, 7) is -0.568. The van der Waals surface area contributed by atoms with Crippen LogP contribution in [0, 0.1) is 22.7 Å². The van der Waals surface area contributed by atoms with Crippen molar-refractivity contribution in [1.82, 2.24) is 5.32 Å². The molecule has 0 aromatic heterocycles. The molecule has 1 unspecified atom stereocenters. The molecule has 1 fully saturated rings. The first-order chi connectivity index (χ1) is 14.3. The minimum absolute atomic E-state index is 0.0523. The molecule has 0 saturated carbocycles. The standard InChI is InChI=1S/C19H19BrN4O5S/c20-9-3-1-8(2-4-9)13-10(5-21)17(23)24-18(11(13)6-22)30-19-16(28)15(27)14(26)12(7-25)29-19/h1-4,12-16,19,24-28H,7,23H2/t12-,13?,14-,15+,16-,19+/m1/s1. The van der Waals surface area contributed by atoms with Crippen molar-refractivity contribution in [3.8, 4) is 12.1 Å². The third kappa shape index (κ3) is 4.19. The maximum atomic E-state index is 10.3. The van der Waals surface area contributed by atoms with Crippen LogP contribution in [0.2, 0.25) is 0 Å². The van der Waals surface area contributed by atoms with E-state index in [9.17, 15) is 30.9 Å². The number of aliphatic hydroxyl groups is 4. The summed E-state index contributed by atoms with van der Waals surface area (Å²) in [5.74, 6) is -0.682. The quantitative estimate of drug-likeness (QED) is 0.336. The van der Waals surface area contributed by atoms with Crippen LogP contribution in [0.5, 0.6) is 0 Å². The summed E-state index contributed by atoms with van der Waals surface area (Å²) in [6, 6.07) is 11.2. The number of nitriles is 2. The molecule has 2 aliphatic heterocycles. The molecular weight excluding hydrogens is 476 g/mol. The molecule has 0 radical (unpaired) electrons. The van der Waals surface area contributed by atoms with Gasteiger partial charge in [0.25, 0.3) is 0 Å². The van der Waals surface area contributed by atoms with E-state index in [-0.39, 0.29) is 22.0 Å². The average Bonchev–Trinajstić information content (AvgIpc) is 2.74. The van der Waals surface area contributed by atoms with Crippen LogP contribution in [0.25, 0.3) is 0 Å². The predicted octanol–water partition coefficient (Wildman–Crippen LogP) is 0.0981. The van der Waals surface area contributed by atoms with Crippen LogP contribution in [-0.2, 0) is 4.74 Å². The van der Waals surface area contributed by atoms with Crippen LogP contribution in [0.3, 0.4) is 0 Å². The molecule has 9 nitrogen and oxygen atoms in total. The number of rotatable bonds is 4. The molecule has 1 aromatic carbocycles. The van der Waals surface area contributed by atoms with E-state index in [1.807, 2.05) is 6.07 Å². The third-order valence-corrected chi connectivity index (χ3v) is 6.60. The number of halogens is 1. The maximum Gasteiger partial charge on any atom is 0.138 e. The second-order valence-corrected chi connectivity index (χ2v) is 8.74. The van der Waals surface area contributed by atoms with E-state index in [4.69, 9.17) is 10.5 Å². The van der Waals surface area contributed by atoms with E-state index in [1.54, 1.807) is 24.3 Å². The lowest BCUT2D eigenvalue weighted by Crippen LogP contribution is -2.57. The lowest BCUT2D eigenvalue weighted by Gasteiger charge is -2.40. The second-order valence-electron chi connectivity index (χ2n) is 6.72. The molecule has 7 N–H and O–H groups in total. The highest BCUT2D eigenvalue weighted by Crippen LogP contribution is 2.42. The third-order valence-electron chi connectivity index (χ3n) is 4.89. The minimum Gasteiger partial charge on any atom is -0.394 e. The van der Waals surface area contributed by atoms with E-state index in [2.05, 4.69) is 27.3 Å². The number of nitrogens with one attached hydrogen (secondary N) is 1. The van der Waals surface area contributed by atoms with Crippen LogP contribution in [0.1, 0.15) is 11.5 Å². The molecule has 2 aliphatic rings. The highest BCUT2D eigenvalue weighted by Gasteiger charge is 2.45.